The Bertz CT molecular complexity index is 1320. The minimum atomic E-state index is -0.826. The van der Waals surface area contributed by atoms with Crippen LogP contribution in [0, 0.1) is 6.92 Å². The first-order valence-corrected chi connectivity index (χ1v) is 9.05. The number of aryl methyl sites for hydroxylation is 1. The van der Waals surface area contributed by atoms with Crippen LogP contribution in [0.1, 0.15) is 21.9 Å². The molecule has 0 saturated carbocycles. The highest BCUT2D eigenvalue weighted by atomic mass is 35.5. The zero-order chi connectivity index (χ0) is 19.1. The average Bonchev–Trinajstić information content (AvgIpc) is 3.01. The minimum Gasteiger partial charge on any atom is -0.453 e. The molecule has 7 nitrogen and oxygen atoms in total. The summed E-state index contributed by atoms with van der Waals surface area (Å²) in [6, 6.07) is 6.88. The number of carbonyl (C=O) groups is 1. The molecule has 0 bridgehead atoms. The number of rotatable bonds is 3. The van der Waals surface area contributed by atoms with Gasteiger partial charge >= 0.3 is 5.97 Å². The van der Waals surface area contributed by atoms with Gasteiger partial charge in [0.15, 0.2) is 10.4 Å². The van der Waals surface area contributed by atoms with Crippen LogP contribution in [0.25, 0.3) is 15.9 Å². The Kier molecular flexibility index (Phi) is 4.29. The maximum absolute atomic E-state index is 12.2. The maximum Gasteiger partial charge on any atom is 0.374 e. The standard InChI is InChI=1S/C18H11ClN2O5S/c1-9-8-27-18-20-11(5-16(23)21(9)18)7-25-17(24)15-6-13(22)12-4-10(19)2-3-14(12)26-15/h2-6,8H,7H2,1H3. The predicted molar refractivity (Wildman–Crippen MR) is 101 cm³/mol. The summed E-state index contributed by atoms with van der Waals surface area (Å²) in [6.07, 6.45) is 0. The quantitative estimate of drug-likeness (QED) is 0.489. The van der Waals surface area contributed by atoms with Crippen LogP contribution in [-0.2, 0) is 11.3 Å². The second-order valence-electron chi connectivity index (χ2n) is 5.77. The van der Waals surface area contributed by atoms with E-state index in [1.54, 1.807) is 13.0 Å². The summed E-state index contributed by atoms with van der Waals surface area (Å²) in [5, 5.41) is 2.48. The third kappa shape index (κ3) is 3.24. The summed E-state index contributed by atoms with van der Waals surface area (Å²) in [7, 11) is 0. The lowest BCUT2D eigenvalue weighted by atomic mass is 10.2. The first-order chi connectivity index (χ1) is 12.9. The molecular weight excluding hydrogens is 392 g/mol. The number of nitrogens with zero attached hydrogens (tertiary/aromatic N) is 2. The van der Waals surface area contributed by atoms with Crippen molar-refractivity contribution in [3.8, 4) is 0 Å². The van der Waals surface area contributed by atoms with Crippen LogP contribution in [0.4, 0.5) is 0 Å². The third-order valence-electron chi connectivity index (χ3n) is 3.87. The molecule has 136 valence electrons. The molecule has 4 rings (SSSR count). The van der Waals surface area contributed by atoms with Gasteiger partial charge in [0.25, 0.3) is 5.56 Å². The Hall–Kier alpha value is -2.97. The summed E-state index contributed by atoms with van der Waals surface area (Å²) in [4.78, 5) is 41.3. The van der Waals surface area contributed by atoms with Gasteiger partial charge in [-0.2, -0.15) is 0 Å². The number of benzene rings is 1. The number of esters is 1. The van der Waals surface area contributed by atoms with E-state index < -0.39 is 11.4 Å². The van der Waals surface area contributed by atoms with Gasteiger partial charge in [0.1, 0.15) is 12.2 Å². The van der Waals surface area contributed by atoms with E-state index in [2.05, 4.69) is 4.98 Å². The largest absolute Gasteiger partial charge is 0.453 e. The third-order valence-corrected chi connectivity index (χ3v) is 5.05. The van der Waals surface area contributed by atoms with E-state index in [1.165, 1.54) is 33.9 Å². The lowest BCUT2D eigenvalue weighted by Crippen LogP contribution is -2.16. The molecule has 0 aliphatic rings. The molecular formula is C18H11ClN2O5S. The highest BCUT2D eigenvalue weighted by Gasteiger charge is 2.15. The van der Waals surface area contributed by atoms with Crippen molar-refractivity contribution in [1.82, 2.24) is 9.38 Å². The Morgan fingerprint density at radius 1 is 1.30 bits per heavy atom. The molecule has 0 spiro atoms. The van der Waals surface area contributed by atoms with Crippen molar-refractivity contribution in [2.45, 2.75) is 13.5 Å². The molecule has 0 unspecified atom stereocenters. The van der Waals surface area contributed by atoms with Crippen LogP contribution in [0.15, 0.2) is 49.7 Å². The molecule has 27 heavy (non-hydrogen) atoms. The molecule has 0 radical (unpaired) electrons. The van der Waals surface area contributed by atoms with Crippen LogP contribution in [0.2, 0.25) is 5.02 Å². The van der Waals surface area contributed by atoms with Gasteiger partial charge in [-0.3, -0.25) is 14.0 Å². The summed E-state index contributed by atoms with van der Waals surface area (Å²) in [5.74, 6) is -1.06. The van der Waals surface area contributed by atoms with Crippen molar-refractivity contribution in [3.05, 3.63) is 78.5 Å². The molecule has 1 aromatic carbocycles. The zero-order valence-corrected chi connectivity index (χ0v) is 15.5. The van der Waals surface area contributed by atoms with Gasteiger partial charge < -0.3 is 9.15 Å². The number of hydrogen-bond acceptors (Lipinski definition) is 7. The maximum atomic E-state index is 12.2. The molecule has 9 heteroatoms. The minimum absolute atomic E-state index is 0.218. The monoisotopic (exact) mass is 402 g/mol. The predicted octanol–water partition coefficient (Wildman–Crippen LogP) is 3.18. The highest BCUT2D eigenvalue weighted by Crippen LogP contribution is 2.18. The number of ether oxygens (including phenoxy) is 1. The van der Waals surface area contributed by atoms with Crippen molar-refractivity contribution >= 4 is 44.8 Å². The molecule has 0 fully saturated rings. The second-order valence-corrected chi connectivity index (χ2v) is 7.05. The Labute approximate surface area is 160 Å². The molecule has 0 saturated heterocycles. The lowest BCUT2D eigenvalue weighted by molar-refractivity contribution is 0.0432. The van der Waals surface area contributed by atoms with Crippen molar-refractivity contribution in [3.63, 3.8) is 0 Å². The summed E-state index contributed by atoms with van der Waals surface area (Å²) < 4.78 is 12.1. The molecule has 0 amide bonds. The first-order valence-electron chi connectivity index (χ1n) is 7.80. The summed E-state index contributed by atoms with van der Waals surface area (Å²) >= 11 is 7.18. The van der Waals surface area contributed by atoms with Gasteiger partial charge in [-0.1, -0.05) is 11.6 Å². The highest BCUT2D eigenvalue weighted by molar-refractivity contribution is 7.15. The second kappa shape index (κ2) is 6.64. The van der Waals surface area contributed by atoms with E-state index in [4.69, 9.17) is 20.8 Å². The van der Waals surface area contributed by atoms with Crippen LogP contribution in [-0.4, -0.2) is 15.4 Å². The Morgan fingerprint density at radius 2 is 2.11 bits per heavy atom. The number of carbonyl (C=O) groups excluding carboxylic acids is 1. The molecule has 3 aromatic heterocycles. The van der Waals surface area contributed by atoms with Gasteiger partial charge in [0.05, 0.1) is 11.1 Å². The van der Waals surface area contributed by atoms with Gasteiger partial charge in [-0.15, -0.1) is 11.3 Å². The Morgan fingerprint density at radius 3 is 2.93 bits per heavy atom. The van der Waals surface area contributed by atoms with Crippen LogP contribution in [0.3, 0.4) is 0 Å². The number of aromatic nitrogens is 2. The van der Waals surface area contributed by atoms with Crippen molar-refractivity contribution in [1.29, 1.82) is 0 Å². The molecule has 0 atom stereocenters. The van der Waals surface area contributed by atoms with Crippen molar-refractivity contribution in [2.24, 2.45) is 0 Å². The lowest BCUT2D eigenvalue weighted by Gasteiger charge is -2.05. The van der Waals surface area contributed by atoms with Crippen LogP contribution < -0.4 is 11.0 Å². The fraction of sp³-hybridized carbons (Fsp3) is 0.111. The first kappa shape index (κ1) is 17.4. The molecule has 3 heterocycles. The van der Waals surface area contributed by atoms with Gasteiger partial charge in [-0.25, -0.2) is 9.78 Å². The number of halogens is 1. The van der Waals surface area contributed by atoms with Gasteiger partial charge in [0, 0.05) is 28.2 Å². The summed E-state index contributed by atoms with van der Waals surface area (Å²) in [6.45, 7) is 1.59. The van der Waals surface area contributed by atoms with E-state index in [0.717, 1.165) is 11.8 Å². The van der Waals surface area contributed by atoms with E-state index in [9.17, 15) is 14.4 Å². The molecule has 0 aliphatic carbocycles. The number of thiazole rings is 1. The number of hydrogen-bond donors (Lipinski definition) is 0. The van der Waals surface area contributed by atoms with Gasteiger partial charge in [0.2, 0.25) is 5.76 Å². The molecule has 0 N–H and O–H groups in total. The van der Waals surface area contributed by atoms with Crippen molar-refractivity contribution < 1.29 is 13.9 Å². The van der Waals surface area contributed by atoms with Crippen LogP contribution >= 0.6 is 22.9 Å². The fourth-order valence-electron chi connectivity index (χ4n) is 2.61. The topological polar surface area (TPSA) is 90.9 Å². The van der Waals surface area contributed by atoms with E-state index >= 15 is 0 Å². The zero-order valence-electron chi connectivity index (χ0n) is 13.9. The van der Waals surface area contributed by atoms with E-state index in [0.29, 0.717) is 15.7 Å². The fourth-order valence-corrected chi connectivity index (χ4v) is 3.68. The normalized spacial score (nSPS) is 11.2. The average molecular weight is 403 g/mol. The Balaban J connectivity index is 1.59. The molecule has 0 aliphatic heterocycles. The SMILES string of the molecule is Cc1csc2nc(COC(=O)c3cc(=O)c4cc(Cl)ccc4o3)cc(=O)n12. The molecule has 4 aromatic rings. The van der Waals surface area contributed by atoms with E-state index in [1.807, 2.05) is 5.38 Å². The van der Waals surface area contributed by atoms with Crippen LogP contribution in [0.5, 0.6) is 0 Å². The number of fused-ring (bicyclic) bond motifs is 2. The van der Waals surface area contributed by atoms with Gasteiger partial charge in [-0.05, 0) is 25.1 Å². The smallest absolute Gasteiger partial charge is 0.374 e. The van der Waals surface area contributed by atoms with Crippen molar-refractivity contribution in [2.75, 3.05) is 0 Å². The van der Waals surface area contributed by atoms with E-state index in [-0.39, 0.29) is 28.9 Å². The summed E-state index contributed by atoms with van der Waals surface area (Å²) in [5.41, 5.74) is 0.668.